The molecule has 5 heteroatoms. The first kappa shape index (κ1) is 14.5. The lowest BCUT2D eigenvalue weighted by atomic mass is 10.1. The van der Waals surface area contributed by atoms with Crippen molar-refractivity contribution in [2.24, 2.45) is 0 Å². The molecule has 3 rings (SSSR count). The third-order valence-electron chi connectivity index (χ3n) is 5.06. The molecule has 4 nitrogen and oxygen atoms in total. The summed E-state index contributed by atoms with van der Waals surface area (Å²) in [5.74, 6) is 0. The summed E-state index contributed by atoms with van der Waals surface area (Å²) >= 11 is 3.72. The molecule has 0 amide bonds. The van der Waals surface area contributed by atoms with Crippen LogP contribution in [0.15, 0.2) is 4.47 Å². The van der Waals surface area contributed by atoms with Crippen molar-refractivity contribution < 1.29 is 0 Å². The first-order chi connectivity index (χ1) is 9.60. The molecule has 3 heterocycles. The van der Waals surface area contributed by atoms with Crippen LogP contribution in [0.25, 0.3) is 0 Å². The Morgan fingerprint density at radius 2 is 2.00 bits per heavy atom. The van der Waals surface area contributed by atoms with E-state index >= 15 is 0 Å². The molecule has 112 valence electrons. The highest BCUT2D eigenvalue weighted by atomic mass is 79.9. The van der Waals surface area contributed by atoms with Crippen molar-refractivity contribution in [2.45, 2.75) is 58.3 Å². The lowest BCUT2D eigenvalue weighted by molar-refractivity contribution is 0.211. The SMILES string of the molecule is CCn1nc(C)c(Br)c1CN1CCC2CCC(C1)N2C. The van der Waals surface area contributed by atoms with Gasteiger partial charge in [-0.2, -0.15) is 5.10 Å². The van der Waals surface area contributed by atoms with Crippen molar-refractivity contribution in [3.8, 4) is 0 Å². The van der Waals surface area contributed by atoms with Crippen LogP contribution in [-0.2, 0) is 13.1 Å². The maximum absolute atomic E-state index is 4.61. The van der Waals surface area contributed by atoms with Gasteiger partial charge in [-0.1, -0.05) is 0 Å². The number of likely N-dealkylation sites (N-methyl/N-ethyl adjacent to an activating group) is 1. The molecule has 0 aromatic carbocycles. The normalized spacial score (nSPS) is 28.0. The van der Waals surface area contributed by atoms with E-state index in [0.717, 1.165) is 30.9 Å². The molecule has 2 fully saturated rings. The largest absolute Gasteiger partial charge is 0.299 e. The topological polar surface area (TPSA) is 24.3 Å². The Morgan fingerprint density at radius 1 is 1.25 bits per heavy atom. The van der Waals surface area contributed by atoms with Crippen molar-refractivity contribution in [3.05, 3.63) is 15.9 Å². The molecule has 2 unspecified atom stereocenters. The van der Waals surface area contributed by atoms with Crippen LogP contribution < -0.4 is 0 Å². The summed E-state index contributed by atoms with van der Waals surface area (Å²) in [6.45, 7) is 8.63. The molecule has 2 bridgehead atoms. The molecular weight excluding hydrogens is 316 g/mol. The Labute approximate surface area is 130 Å². The summed E-state index contributed by atoms with van der Waals surface area (Å²) in [5.41, 5.74) is 2.45. The first-order valence-electron chi connectivity index (χ1n) is 7.76. The number of hydrogen-bond acceptors (Lipinski definition) is 3. The van der Waals surface area contributed by atoms with Crippen molar-refractivity contribution in [1.82, 2.24) is 19.6 Å². The molecule has 2 saturated heterocycles. The van der Waals surface area contributed by atoms with Crippen LogP contribution in [0.1, 0.15) is 37.6 Å². The summed E-state index contributed by atoms with van der Waals surface area (Å²) in [6.07, 6.45) is 4.07. The summed E-state index contributed by atoms with van der Waals surface area (Å²) in [7, 11) is 2.31. The predicted octanol–water partition coefficient (Wildman–Crippen LogP) is 2.64. The van der Waals surface area contributed by atoms with Gasteiger partial charge in [-0.05, 0) is 56.1 Å². The zero-order chi connectivity index (χ0) is 14.3. The molecule has 2 aliphatic rings. The van der Waals surface area contributed by atoms with Gasteiger partial charge in [0.15, 0.2) is 0 Å². The Morgan fingerprint density at radius 3 is 2.75 bits per heavy atom. The highest BCUT2D eigenvalue weighted by Crippen LogP contribution is 2.30. The summed E-state index contributed by atoms with van der Waals surface area (Å²) in [4.78, 5) is 5.23. The average Bonchev–Trinajstić information content (AvgIpc) is 2.83. The van der Waals surface area contributed by atoms with Gasteiger partial charge in [-0.15, -0.1) is 0 Å². The van der Waals surface area contributed by atoms with Crippen molar-refractivity contribution in [1.29, 1.82) is 0 Å². The quantitative estimate of drug-likeness (QED) is 0.845. The molecular formula is C15H25BrN4. The molecule has 2 aliphatic heterocycles. The van der Waals surface area contributed by atoms with Crippen LogP contribution in [0.3, 0.4) is 0 Å². The van der Waals surface area contributed by atoms with Gasteiger partial charge in [0.05, 0.1) is 15.9 Å². The second-order valence-electron chi connectivity index (χ2n) is 6.24. The van der Waals surface area contributed by atoms with Crippen LogP contribution in [0.4, 0.5) is 0 Å². The number of aryl methyl sites for hydroxylation is 2. The van der Waals surface area contributed by atoms with E-state index in [1.165, 1.54) is 42.5 Å². The Hall–Kier alpha value is -0.390. The molecule has 0 saturated carbocycles. The number of aromatic nitrogens is 2. The molecule has 0 N–H and O–H groups in total. The van der Waals surface area contributed by atoms with Crippen LogP contribution in [-0.4, -0.2) is 51.8 Å². The Kier molecular flexibility index (Phi) is 4.20. The van der Waals surface area contributed by atoms with E-state index in [-0.39, 0.29) is 0 Å². The highest BCUT2D eigenvalue weighted by Gasteiger charge is 2.34. The number of rotatable bonds is 3. The minimum Gasteiger partial charge on any atom is -0.299 e. The molecule has 0 aliphatic carbocycles. The fourth-order valence-electron chi connectivity index (χ4n) is 3.75. The molecule has 1 aromatic heterocycles. The van der Waals surface area contributed by atoms with E-state index in [1.54, 1.807) is 0 Å². The third-order valence-corrected chi connectivity index (χ3v) is 6.09. The number of halogens is 1. The van der Waals surface area contributed by atoms with E-state index in [4.69, 9.17) is 0 Å². The third kappa shape index (κ3) is 2.55. The second kappa shape index (κ2) is 5.78. The smallest absolute Gasteiger partial charge is 0.0739 e. The summed E-state index contributed by atoms with van der Waals surface area (Å²) in [6, 6.07) is 1.56. The summed E-state index contributed by atoms with van der Waals surface area (Å²) < 4.78 is 3.34. The molecule has 20 heavy (non-hydrogen) atoms. The van der Waals surface area contributed by atoms with Crippen molar-refractivity contribution in [2.75, 3.05) is 20.1 Å². The summed E-state index contributed by atoms with van der Waals surface area (Å²) in [5, 5.41) is 4.61. The van der Waals surface area contributed by atoms with Crippen molar-refractivity contribution in [3.63, 3.8) is 0 Å². The maximum atomic E-state index is 4.61. The zero-order valence-corrected chi connectivity index (χ0v) is 14.4. The molecule has 0 radical (unpaired) electrons. The zero-order valence-electron chi connectivity index (χ0n) is 12.8. The first-order valence-corrected chi connectivity index (χ1v) is 8.55. The monoisotopic (exact) mass is 340 g/mol. The van der Waals surface area contributed by atoms with Gasteiger partial charge in [0.25, 0.3) is 0 Å². The van der Waals surface area contributed by atoms with E-state index < -0.39 is 0 Å². The number of nitrogens with zero attached hydrogens (tertiary/aromatic N) is 4. The van der Waals surface area contributed by atoms with E-state index in [0.29, 0.717) is 0 Å². The minimum absolute atomic E-state index is 0.750. The Balaban J connectivity index is 1.75. The lowest BCUT2D eigenvalue weighted by Gasteiger charge is -2.26. The van der Waals surface area contributed by atoms with E-state index in [1.807, 2.05) is 0 Å². The molecule has 1 aromatic rings. The predicted molar refractivity (Wildman–Crippen MR) is 84.8 cm³/mol. The van der Waals surface area contributed by atoms with Gasteiger partial charge in [0.2, 0.25) is 0 Å². The number of hydrogen-bond donors (Lipinski definition) is 0. The number of likely N-dealkylation sites (tertiary alicyclic amines) is 1. The van der Waals surface area contributed by atoms with Gasteiger partial charge in [0.1, 0.15) is 0 Å². The fraction of sp³-hybridized carbons (Fsp3) is 0.800. The van der Waals surface area contributed by atoms with Gasteiger partial charge in [-0.25, -0.2) is 0 Å². The van der Waals surface area contributed by atoms with Gasteiger partial charge < -0.3 is 0 Å². The maximum Gasteiger partial charge on any atom is 0.0739 e. The van der Waals surface area contributed by atoms with Crippen LogP contribution in [0, 0.1) is 6.92 Å². The standard InChI is InChI=1S/C15H25BrN4/c1-4-20-14(15(16)11(2)17-20)10-19-8-7-12-5-6-13(9-19)18(12)3/h12-13H,4-10H2,1-3H3. The van der Waals surface area contributed by atoms with E-state index in [2.05, 4.69) is 56.4 Å². The van der Waals surface area contributed by atoms with Crippen LogP contribution in [0.2, 0.25) is 0 Å². The molecule has 2 atom stereocenters. The average molecular weight is 341 g/mol. The van der Waals surface area contributed by atoms with Gasteiger partial charge in [-0.3, -0.25) is 14.5 Å². The molecule has 0 spiro atoms. The lowest BCUT2D eigenvalue weighted by Crippen LogP contribution is -2.36. The Bertz CT molecular complexity index is 484. The number of fused-ring (bicyclic) bond motifs is 2. The van der Waals surface area contributed by atoms with E-state index in [9.17, 15) is 0 Å². The fourth-order valence-corrected chi connectivity index (χ4v) is 4.16. The van der Waals surface area contributed by atoms with Gasteiger partial charge in [0, 0.05) is 38.3 Å². The highest BCUT2D eigenvalue weighted by molar-refractivity contribution is 9.10. The van der Waals surface area contributed by atoms with Crippen LogP contribution in [0.5, 0.6) is 0 Å². The van der Waals surface area contributed by atoms with Gasteiger partial charge >= 0.3 is 0 Å². The second-order valence-corrected chi connectivity index (χ2v) is 7.03. The van der Waals surface area contributed by atoms with Crippen LogP contribution >= 0.6 is 15.9 Å². The van der Waals surface area contributed by atoms with Crippen molar-refractivity contribution >= 4 is 15.9 Å². The minimum atomic E-state index is 0.750.